The highest BCUT2D eigenvalue weighted by atomic mass is 31.2. The minimum atomic E-state index is -4.16. The molecule has 2 rings (SSSR count). The lowest BCUT2D eigenvalue weighted by molar-refractivity contribution is -0.159. The molecule has 2 aromatic heterocycles. The summed E-state index contributed by atoms with van der Waals surface area (Å²) in [6.07, 6.45) is 1.85. The van der Waals surface area contributed by atoms with Gasteiger partial charge in [-0.15, -0.1) is 0 Å². The summed E-state index contributed by atoms with van der Waals surface area (Å²) >= 11 is 0. The number of ether oxygens (including phenoxy) is 1. The standard InChI is InChI=1S/C9H14N5O4P.C2H2O4/c1-6(18-5-19(15,16)17)2-14-4-13-7-8(10)11-3-12-9(7)14;3-1(4)2(5)6/h3-4,6H,2,5H2,1H3,(H2,10,11,12)(H2,15,16,17);(H,3,4)(H,5,6)/t6-;/m1./s1. The van der Waals surface area contributed by atoms with E-state index in [-0.39, 0.29) is 5.82 Å². The Bertz CT molecular complexity index is 791. The molecule has 0 saturated carbocycles. The fraction of sp³-hybridized carbons (Fsp3) is 0.364. The Hall–Kier alpha value is -2.60. The molecule has 138 valence electrons. The molecule has 13 nitrogen and oxygen atoms in total. The molecule has 0 spiro atoms. The molecule has 0 aliphatic rings. The van der Waals surface area contributed by atoms with Crippen LogP contribution >= 0.6 is 7.60 Å². The van der Waals surface area contributed by atoms with Crippen molar-refractivity contribution >= 4 is 36.5 Å². The van der Waals surface area contributed by atoms with Crippen LogP contribution in [0.3, 0.4) is 0 Å². The summed E-state index contributed by atoms with van der Waals surface area (Å²) in [7, 11) is -4.16. The highest BCUT2D eigenvalue weighted by molar-refractivity contribution is 7.51. The minimum Gasteiger partial charge on any atom is -0.473 e. The van der Waals surface area contributed by atoms with Crippen LogP contribution in [0.2, 0.25) is 0 Å². The molecule has 2 aromatic rings. The molecule has 0 saturated heterocycles. The number of aliphatic carboxylic acids is 2. The zero-order valence-corrected chi connectivity index (χ0v) is 13.8. The van der Waals surface area contributed by atoms with Gasteiger partial charge in [0, 0.05) is 0 Å². The zero-order chi connectivity index (χ0) is 19.2. The molecule has 0 radical (unpaired) electrons. The fourth-order valence-corrected chi connectivity index (χ4v) is 2.04. The van der Waals surface area contributed by atoms with Crippen molar-refractivity contribution in [2.75, 3.05) is 12.1 Å². The molecule has 0 amide bonds. The number of rotatable bonds is 5. The van der Waals surface area contributed by atoms with Crippen LogP contribution in [-0.4, -0.2) is 63.9 Å². The molecule has 25 heavy (non-hydrogen) atoms. The second-order valence-electron chi connectivity index (χ2n) is 4.71. The SMILES string of the molecule is C[C@H](Cn1cnc2c(N)ncnc21)OCP(=O)(O)O.O=C(O)C(=O)O. The molecule has 1 atom stereocenters. The summed E-state index contributed by atoms with van der Waals surface area (Å²) in [6, 6.07) is 0. The fourth-order valence-electron chi connectivity index (χ4n) is 1.59. The highest BCUT2D eigenvalue weighted by Gasteiger charge is 2.16. The van der Waals surface area contributed by atoms with Crippen LogP contribution in [0.4, 0.5) is 5.82 Å². The predicted octanol–water partition coefficient (Wildman–Crippen LogP) is -0.896. The Kier molecular flexibility index (Phi) is 6.94. The Morgan fingerprint density at radius 1 is 1.28 bits per heavy atom. The average Bonchev–Trinajstić information content (AvgIpc) is 2.90. The minimum absolute atomic E-state index is 0.285. The second-order valence-corrected chi connectivity index (χ2v) is 6.30. The number of imidazole rings is 1. The normalized spacial score (nSPS) is 12.3. The lowest BCUT2D eigenvalue weighted by Crippen LogP contribution is -2.17. The summed E-state index contributed by atoms with van der Waals surface area (Å²) < 4.78 is 17.5. The number of nitrogens with two attached hydrogens (primary N) is 1. The summed E-state index contributed by atoms with van der Waals surface area (Å²) in [6.45, 7) is 2.05. The van der Waals surface area contributed by atoms with E-state index in [4.69, 9.17) is 40.1 Å². The van der Waals surface area contributed by atoms with Crippen molar-refractivity contribution in [3.05, 3.63) is 12.7 Å². The van der Waals surface area contributed by atoms with Gasteiger partial charge >= 0.3 is 19.5 Å². The number of hydrogen-bond acceptors (Lipinski definition) is 8. The molecule has 0 aliphatic heterocycles. The number of hydrogen-bond donors (Lipinski definition) is 5. The number of nitrogens with zero attached hydrogens (tertiary/aromatic N) is 4. The van der Waals surface area contributed by atoms with Gasteiger partial charge in [-0.25, -0.2) is 24.5 Å². The van der Waals surface area contributed by atoms with Crippen LogP contribution < -0.4 is 5.73 Å². The van der Waals surface area contributed by atoms with Gasteiger partial charge in [0.25, 0.3) is 0 Å². The van der Waals surface area contributed by atoms with Crippen LogP contribution in [0, 0.1) is 0 Å². The lowest BCUT2D eigenvalue weighted by atomic mass is 10.4. The van der Waals surface area contributed by atoms with Gasteiger partial charge in [-0.1, -0.05) is 0 Å². The van der Waals surface area contributed by atoms with E-state index in [0.717, 1.165) is 0 Å². The quantitative estimate of drug-likeness (QED) is 0.317. The van der Waals surface area contributed by atoms with Crippen LogP contribution in [0.25, 0.3) is 11.2 Å². The van der Waals surface area contributed by atoms with Crippen molar-refractivity contribution in [2.45, 2.75) is 19.6 Å². The molecular weight excluding hydrogens is 361 g/mol. The first-order valence-corrected chi connectivity index (χ1v) is 8.34. The number of fused-ring (bicyclic) bond motifs is 1. The van der Waals surface area contributed by atoms with E-state index in [2.05, 4.69) is 15.0 Å². The number of carboxylic acid groups (broad SMARTS) is 2. The van der Waals surface area contributed by atoms with E-state index >= 15 is 0 Å². The third-order valence-electron chi connectivity index (χ3n) is 2.59. The predicted molar refractivity (Wildman–Crippen MR) is 82.5 cm³/mol. The van der Waals surface area contributed by atoms with Gasteiger partial charge in [0.1, 0.15) is 18.2 Å². The monoisotopic (exact) mass is 377 g/mol. The number of nitrogen functional groups attached to an aromatic ring is 1. The molecule has 14 heteroatoms. The van der Waals surface area contributed by atoms with Gasteiger partial charge in [0.2, 0.25) is 0 Å². The smallest absolute Gasteiger partial charge is 0.414 e. The van der Waals surface area contributed by atoms with Crippen molar-refractivity contribution in [3.8, 4) is 0 Å². The number of carboxylic acids is 2. The van der Waals surface area contributed by atoms with Gasteiger partial charge in [-0.3, -0.25) is 4.57 Å². The average molecular weight is 377 g/mol. The molecular formula is C11H16N5O8P. The van der Waals surface area contributed by atoms with Crippen molar-refractivity contribution in [2.24, 2.45) is 0 Å². The summed E-state index contributed by atoms with van der Waals surface area (Å²) in [5, 5.41) is 14.8. The van der Waals surface area contributed by atoms with Crippen molar-refractivity contribution in [1.29, 1.82) is 0 Å². The molecule has 0 aliphatic carbocycles. The molecule has 0 unspecified atom stereocenters. The van der Waals surface area contributed by atoms with Gasteiger partial charge in [-0.05, 0) is 6.92 Å². The maximum atomic E-state index is 10.7. The Morgan fingerprint density at radius 3 is 2.40 bits per heavy atom. The van der Waals surface area contributed by atoms with Crippen LogP contribution in [0.15, 0.2) is 12.7 Å². The Balaban J connectivity index is 0.000000450. The van der Waals surface area contributed by atoms with Gasteiger partial charge in [0.05, 0.1) is 19.0 Å². The van der Waals surface area contributed by atoms with Gasteiger partial charge in [-0.2, -0.15) is 0 Å². The van der Waals surface area contributed by atoms with Gasteiger partial charge in [0.15, 0.2) is 11.5 Å². The highest BCUT2D eigenvalue weighted by Crippen LogP contribution is 2.34. The topological polar surface area (TPSA) is 211 Å². The van der Waals surface area contributed by atoms with E-state index in [1.54, 1.807) is 11.5 Å². The van der Waals surface area contributed by atoms with E-state index in [1.807, 2.05) is 0 Å². The first-order chi connectivity index (χ1) is 11.5. The van der Waals surface area contributed by atoms with Crippen LogP contribution in [0.1, 0.15) is 6.92 Å². The van der Waals surface area contributed by atoms with Crippen molar-refractivity contribution in [1.82, 2.24) is 19.5 Å². The first kappa shape index (κ1) is 20.4. The lowest BCUT2D eigenvalue weighted by Gasteiger charge is -2.14. The van der Waals surface area contributed by atoms with Crippen LogP contribution in [-0.2, 0) is 25.4 Å². The van der Waals surface area contributed by atoms with Gasteiger partial charge < -0.3 is 35.0 Å². The largest absolute Gasteiger partial charge is 0.473 e. The first-order valence-electron chi connectivity index (χ1n) is 6.55. The summed E-state index contributed by atoms with van der Waals surface area (Å²) in [5.41, 5.74) is 6.70. The maximum Gasteiger partial charge on any atom is 0.414 e. The number of carbonyl (C=O) groups is 2. The van der Waals surface area contributed by atoms with E-state index in [9.17, 15) is 4.57 Å². The number of aromatic nitrogens is 4. The van der Waals surface area contributed by atoms with E-state index < -0.39 is 32.0 Å². The van der Waals surface area contributed by atoms with Crippen molar-refractivity contribution in [3.63, 3.8) is 0 Å². The third-order valence-corrected chi connectivity index (χ3v) is 3.08. The molecule has 0 bridgehead atoms. The van der Waals surface area contributed by atoms with E-state index in [1.165, 1.54) is 12.7 Å². The summed E-state index contributed by atoms with van der Waals surface area (Å²) in [4.78, 5) is 47.6. The third kappa shape index (κ3) is 6.81. The Labute approximate surface area is 140 Å². The van der Waals surface area contributed by atoms with Crippen molar-refractivity contribution < 1.29 is 38.9 Å². The molecule has 0 aromatic carbocycles. The molecule has 2 heterocycles. The maximum absolute atomic E-state index is 10.7. The molecule has 6 N–H and O–H groups in total. The summed E-state index contributed by atoms with van der Waals surface area (Å²) in [5.74, 6) is -3.36. The second kappa shape index (κ2) is 8.48. The zero-order valence-electron chi connectivity index (χ0n) is 12.9. The Morgan fingerprint density at radius 2 is 1.88 bits per heavy atom. The van der Waals surface area contributed by atoms with E-state index in [0.29, 0.717) is 17.7 Å². The molecule has 0 fully saturated rings. The number of anilines is 1. The van der Waals surface area contributed by atoms with Crippen LogP contribution in [0.5, 0.6) is 0 Å².